The molecular weight excluding hydrogens is 500 g/mol. The summed E-state index contributed by atoms with van der Waals surface area (Å²) in [6.45, 7) is 3.19. The highest BCUT2D eigenvalue weighted by Crippen LogP contribution is 2.41. The molecule has 37 heavy (non-hydrogen) atoms. The molecule has 2 aromatic carbocycles. The largest absolute Gasteiger partial charge is 0.445 e. The fourth-order valence-electron chi connectivity index (χ4n) is 5.26. The number of ether oxygens (including phenoxy) is 1. The number of thiophene rings is 1. The molecule has 6 nitrogen and oxygen atoms in total. The number of carbonyl (C=O) groups is 1. The van der Waals surface area contributed by atoms with E-state index in [0.29, 0.717) is 6.61 Å². The normalized spacial score (nSPS) is 17.8. The van der Waals surface area contributed by atoms with Crippen LogP contribution in [0.15, 0.2) is 72.4 Å². The van der Waals surface area contributed by atoms with Crippen molar-refractivity contribution in [2.45, 2.75) is 44.8 Å². The lowest BCUT2D eigenvalue weighted by molar-refractivity contribution is 0.0606. The highest BCUT2D eigenvalue weighted by molar-refractivity contribution is 7.18. The molecule has 1 N–H and O–H groups in total. The molecule has 4 heterocycles. The van der Waals surface area contributed by atoms with Gasteiger partial charge in [-0.25, -0.2) is 14.8 Å². The standard InChI is InChI=1S/C29H28N4O2S2/c1-2-25-21(9-6-14-33(25)29(34)35-17-19-7-4-3-5-8-19)27-16-22-23(12-13-30-28(22)37-27)32-20-10-11-26-24(15-20)31-18-36-26/h3-5,7-8,10-13,15-16,18,21,25H,2,6,9,14,17H2,1H3,(H,30,32). The topological polar surface area (TPSA) is 67.4 Å². The molecule has 188 valence electrons. The van der Waals surface area contributed by atoms with E-state index in [4.69, 9.17) is 4.74 Å². The minimum atomic E-state index is -0.223. The number of anilines is 2. The van der Waals surface area contributed by atoms with Gasteiger partial charge in [0.1, 0.15) is 11.4 Å². The van der Waals surface area contributed by atoms with Crippen LogP contribution in [0.25, 0.3) is 20.4 Å². The van der Waals surface area contributed by atoms with Gasteiger partial charge in [-0.3, -0.25) is 0 Å². The van der Waals surface area contributed by atoms with Gasteiger partial charge in [-0.1, -0.05) is 37.3 Å². The van der Waals surface area contributed by atoms with E-state index in [-0.39, 0.29) is 18.1 Å². The molecular formula is C29H28N4O2S2. The number of nitrogens with zero attached hydrogens (tertiary/aromatic N) is 3. The van der Waals surface area contributed by atoms with Crippen molar-refractivity contribution in [2.24, 2.45) is 0 Å². The molecule has 1 saturated heterocycles. The van der Waals surface area contributed by atoms with E-state index in [2.05, 4.69) is 46.5 Å². The number of benzene rings is 2. The summed E-state index contributed by atoms with van der Waals surface area (Å²) in [6, 6.07) is 20.5. The van der Waals surface area contributed by atoms with E-state index in [1.165, 1.54) is 9.58 Å². The van der Waals surface area contributed by atoms with Gasteiger partial charge < -0.3 is 15.0 Å². The van der Waals surface area contributed by atoms with Gasteiger partial charge in [-0.05, 0) is 55.2 Å². The van der Waals surface area contributed by atoms with Crippen molar-refractivity contribution in [3.63, 3.8) is 0 Å². The van der Waals surface area contributed by atoms with E-state index < -0.39 is 0 Å². The maximum Gasteiger partial charge on any atom is 0.410 e. The van der Waals surface area contributed by atoms with Crippen LogP contribution in [0.4, 0.5) is 16.2 Å². The number of pyridine rings is 1. The Balaban J connectivity index is 1.23. The van der Waals surface area contributed by atoms with Crippen LogP contribution in [0.1, 0.15) is 42.5 Å². The Labute approximate surface area is 223 Å². The molecule has 0 spiro atoms. The fourth-order valence-corrected chi connectivity index (χ4v) is 7.14. The number of fused-ring (bicyclic) bond motifs is 2. The van der Waals surface area contributed by atoms with Crippen LogP contribution in [0.3, 0.4) is 0 Å². The summed E-state index contributed by atoms with van der Waals surface area (Å²) in [6.07, 6.45) is 4.53. The zero-order chi connectivity index (χ0) is 25.2. The van der Waals surface area contributed by atoms with Gasteiger partial charge in [-0.2, -0.15) is 0 Å². The zero-order valence-corrected chi connectivity index (χ0v) is 22.2. The van der Waals surface area contributed by atoms with Crippen LogP contribution in [0.2, 0.25) is 0 Å². The molecule has 0 aliphatic carbocycles. The second-order valence-electron chi connectivity index (χ2n) is 9.34. The summed E-state index contributed by atoms with van der Waals surface area (Å²) in [4.78, 5) is 26.4. The summed E-state index contributed by atoms with van der Waals surface area (Å²) in [5.74, 6) is 0.265. The maximum atomic E-state index is 13.1. The predicted octanol–water partition coefficient (Wildman–Crippen LogP) is 7.94. The molecule has 0 radical (unpaired) electrons. The third-order valence-corrected chi connectivity index (χ3v) is 9.05. The molecule has 0 saturated carbocycles. The first-order valence-electron chi connectivity index (χ1n) is 12.7. The van der Waals surface area contributed by atoms with E-state index in [0.717, 1.165) is 58.5 Å². The Bertz CT molecular complexity index is 1530. The Morgan fingerprint density at radius 2 is 2.03 bits per heavy atom. The van der Waals surface area contributed by atoms with Crippen LogP contribution in [0.5, 0.6) is 0 Å². The summed E-state index contributed by atoms with van der Waals surface area (Å²) < 4.78 is 6.90. The highest BCUT2D eigenvalue weighted by Gasteiger charge is 2.36. The molecule has 8 heteroatoms. The van der Waals surface area contributed by atoms with E-state index in [1.54, 1.807) is 22.7 Å². The second kappa shape index (κ2) is 10.5. The molecule has 1 fully saturated rings. The van der Waals surface area contributed by atoms with E-state index in [1.807, 2.05) is 53.0 Å². The van der Waals surface area contributed by atoms with Crippen LogP contribution in [0, 0.1) is 0 Å². The number of hydrogen-bond donors (Lipinski definition) is 1. The minimum Gasteiger partial charge on any atom is -0.445 e. The average molecular weight is 529 g/mol. The number of piperidine rings is 1. The molecule has 1 aliphatic rings. The van der Waals surface area contributed by atoms with Crippen molar-refractivity contribution in [2.75, 3.05) is 11.9 Å². The summed E-state index contributed by atoms with van der Waals surface area (Å²) >= 11 is 3.38. The van der Waals surface area contributed by atoms with Crippen molar-refractivity contribution in [3.05, 3.63) is 82.8 Å². The van der Waals surface area contributed by atoms with E-state index >= 15 is 0 Å². The van der Waals surface area contributed by atoms with Gasteiger partial charge in [0.15, 0.2) is 0 Å². The lowest BCUT2D eigenvalue weighted by Crippen LogP contribution is -2.47. The first kappa shape index (κ1) is 23.9. The monoisotopic (exact) mass is 528 g/mol. The molecule has 2 atom stereocenters. The van der Waals surface area contributed by atoms with Crippen LogP contribution >= 0.6 is 22.7 Å². The Morgan fingerprint density at radius 3 is 2.89 bits per heavy atom. The van der Waals surface area contributed by atoms with Crippen LogP contribution in [-0.4, -0.2) is 33.5 Å². The summed E-state index contributed by atoms with van der Waals surface area (Å²) in [5, 5.41) is 4.69. The minimum absolute atomic E-state index is 0.105. The molecule has 6 rings (SSSR count). The van der Waals surface area contributed by atoms with Gasteiger partial charge in [-0.15, -0.1) is 22.7 Å². The molecule has 1 amide bonds. The number of hydrogen-bond acceptors (Lipinski definition) is 7. The number of nitrogens with one attached hydrogen (secondary N) is 1. The van der Waals surface area contributed by atoms with Gasteiger partial charge in [0.25, 0.3) is 0 Å². The molecule has 5 aromatic rings. The SMILES string of the molecule is CCC1C(c2cc3c(Nc4ccc5scnc5c4)ccnc3s2)CCCN1C(=O)OCc1ccccc1. The number of thiazole rings is 1. The quantitative estimate of drug-likeness (QED) is 0.242. The Kier molecular flexibility index (Phi) is 6.76. The highest BCUT2D eigenvalue weighted by atomic mass is 32.1. The molecule has 1 aliphatic heterocycles. The predicted molar refractivity (Wildman–Crippen MR) is 152 cm³/mol. The average Bonchev–Trinajstić information content (AvgIpc) is 3.59. The van der Waals surface area contributed by atoms with Crippen molar-refractivity contribution >= 4 is 60.6 Å². The van der Waals surface area contributed by atoms with Crippen molar-refractivity contribution < 1.29 is 9.53 Å². The van der Waals surface area contributed by atoms with Crippen LogP contribution in [-0.2, 0) is 11.3 Å². The molecule has 3 aromatic heterocycles. The number of amides is 1. The van der Waals surface area contributed by atoms with Gasteiger partial charge >= 0.3 is 6.09 Å². The summed E-state index contributed by atoms with van der Waals surface area (Å²) in [7, 11) is 0. The van der Waals surface area contributed by atoms with Gasteiger partial charge in [0.2, 0.25) is 0 Å². The molecule has 0 bridgehead atoms. The second-order valence-corrected chi connectivity index (χ2v) is 11.3. The number of likely N-dealkylation sites (tertiary alicyclic amines) is 1. The number of carbonyl (C=O) groups excluding carboxylic acids is 1. The first-order valence-corrected chi connectivity index (χ1v) is 14.4. The van der Waals surface area contributed by atoms with Crippen molar-refractivity contribution in [1.82, 2.24) is 14.9 Å². The third kappa shape index (κ3) is 4.91. The number of rotatable bonds is 6. The zero-order valence-electron chi connectivity index (χ0n) is 20.6. The van der Waals surface area contributed by atoms with Gasteiger partial charge in [0, 0.05) is 40.7 Å². The lowest BCUT2D eigenvalue weighted by atomic mass is 9.86. The maximum absolute atomic E-state index is 13.1. The van der Waals surface area contributed by atoms with Crippen molar-refractivity contribution in [1.29, 1.82) is 0 Å². The van der Waals surface area contributed by atoms with E-state index in [9.17, 15) is 4.79 Å². The Morgan fingerprint density at radius 1 is 1.14 bits per heavy atom. The third-order valence-electron chi connectivity index (χ3n) is 7.07. The number of aromatic nitrogens is 2. The lowest BCUT2D eigenvalue weighted by Gasteiger charge is -2.40. The first-order chi connectivity index (χ1) is 18.2. The fraction of sp³-hybridized carbons (Fsp3) is 0.276. The Hall–Kier alpha value is -3.49. The smallest absolute Gasteiger partial charge is 0.410 e. The summed E-state index contributed by atoms with van der Waals surface area (Å²) in [5.41, 5.74) is 5.92. The van der Waals surface area contributed by atoms with Crippen molar-refractivity contribution in [3.8, 4) is 0 Å². The van der Waals surface area contributed by atoms with Gasteiger partial charge in [0.05, 0.1) is 21.4 Å². The van der Waals surface area contributed by atoms with Crippen LogP contribution < -0.4 is 5.32 Å². The molecule has 2 unspecified atom stereocenters.